The summed E-state index contributed by atoms with van der Waals surface area (Å²) in [7, 11) is 1.62. The molecule has 1 saturated heterocycles. The molecule has 1 aliphatic rings. The molecule has 0 bridgehead atoms. The van der Waals surface area contributed by atoms with Gasteiger partial charge in [-0.25, -0.2) is 0 Å². The van der Waals surface area contributed by atoms with Crippen LogP contribution in [0.15, 0.2) is 42.5 Å². The van der Waals surface area contributed by atoms with Crippen molar-refractivity contribution in [3.8, 4) is 11.5 Å². The van der Waals surface area contributed by atoms with Crippen molar-refractivity contribution in [2.75, 3.05) is 26.9 Å². The first-order valence-corrected chi connectivity index (χ1v) is 9.47. The largest absolute Gasteiger partial charge is 0.493 e. The molecular formula is C21H26N2O5. The van der Waals surface area contributed by atoms with Gasteiger partial charge in [0.2, 0.25) is 0 Å². The molecule has 1 N–H and O–H groups in total. The van der Waals surface area contributed by atoms with E-state index in [0.717, 1.165) is 43.9 Å². The summed E-state index contributed by atoms with van der Waals surface area (Å²) in [4.78, 5) is 10.3. The predicted molar refractivity (Wildman–Crippen MR) is 106 cm³/mol. The highest BCUT2D eigenvalue weighted by molar-refractivity contribution is 5.43. The number of non-ortho nitro benzene ring substituents is 1. The predicted octanol–water partition coefficient (Wildman–Crippen LogP) is 3.70. The maximum Gasteiger partial charge on any atom is 0.269 e. The minimum Gasteiger partial charge on any atom is -0.493 e. The Labute approximate surface area is 164 Å². The lowest BCUT2D eigenvalue weighted by molar-refractivity contribution is -0.384. The van der Waals surface area contributed by atoms with Gasteiger partial charge in [-0.15, -0.1) is 0 Å². The van der Waals surface area contributed by atoms with E-state index in [0.29, 0.717) is 24.0 Å². The van der Waals surface area contributed by atoms with Crippen molar-refractivity contribution in [2.24, 2.45) is 5.92 Å². The van der Waals surface area contributed by atoms with Crippen LogP contribution in [-0.2, 0) is 17.9 Å². The van der Waals surface area contributed by atoms with E-state index < -0.39 is 4.92 Å². The third-order valence-corrected chi connectivity index (χ3v) is 4.79. The van der Waals surface area contributed by atoms with Crippen molar-refractivity contribution in [2.45, 2.75) is 26.0 Å². The van der Waals surface area contributed by atoms with Gasteiger partial charge in [-0.3, -0.25) is 10.1 Å². The third kappa shape index (κ3) is 5.68. The molecule has 3 rings (SSSR count). The van der Waals surface area contributed by atoms with Crippen LogP contribution in [0.5, 0.6) is 11.5 Å². The summed E-state index contributed by atoms with van der Waals surface area (Å²) >= 11 is 0. The number of rotatable bonds is 9. The lowest BCUT2D eigenvalue weighted by Gasteiger charge is -2.22. The highest BCUT2D eigenvalue weighted by Gasteiger charge is 2.13. The Morgan fingerprint density at radius 2 is 1.96 bits per heavy atom. The lowest BCUT2D eigenvalue weighted by atomic mass is 10.0. The van der Waals surface area contributed by atoms with Crippen LogP contribution in [0.3, 0.4) is 0 Å². The molecule has 28 heavy (non-hydrogen) atoms. The summed E-state index contributed by atoms with van der Waals surface area (Å²) in [6, 6.07) is 12.2. The van der Waals surface area contributed by atoms with Crippen molar-refractivity contribution in [1.82, 2.24) is 5.32 Å². The first-order chi connectivity index (χ1) is 13.7. The molecule has 0 saturated carbocycles. The number of nitrogens with one attached hydrogen (secondary N) is 1. The molecule has 2 aromatic carbocycles. The summed E-state index contributed by atoms with van der Waals surface area (Å²) in [6.07, 6.45) is 2.35. The molecule has 0 aromatic heterocycles. The Hall–Kier alpha value is -2.64. The van der Waals surface area contributed by atoms with Crippen molar-refractivity contribution in [1.29, 1.82) is 0 Å². The van der Waals surface area contributed by atoms with Crippen LogP contribution in [0.2, 0.25) is 0 Å². The van der Waals surface area contributed by atoms with Gasteiger partial charge < -0.3 is 19.5 Å². The van der Waals surface area contributed by atoms with Crippen LogP contribution in [0.4, 0.5) is 5.69 Å². The van der Waals surface area contributed by atoms with Crippen molar-refractivity contribution < 1.29 is 19.1 Å². The fourth-order valence-electron chi connectivity index (χ4n) is 3.21. The smallest absolute Gasteiger partial charge is 0.269 e. The Bertz CT molecular complexity index is 773. The Kier molecular flexibility index (Phi) is 7.22. The second-order valence-corrected chi connectivity index (χ2v) is 6.91. The summed E-state index contributed by atoms with van der Waals surface area (Å²) in [5.74, 6) is 1.90. The van der Waals surface area contributed by atoms with E-state index in [9.17, 15) is 10.1 Å². The maximum absolute atomic E-state index is 10.7. The molecule has 0 aliphatic carbocycles. The molecule has 7 nitrogen and oxygen atoms in total. The number of hydrogen-bond donors (Lipinski definition) is 1. The molecule has 0 spiro atoms. The number of nitrogens with zero attached hydrogens (tertiary/aromatic N) is 1. The summed E-state index contributed by atoms with van der Waals surface area (Å²) in [6.45, 7) is 3.74. The van der Waals surface area contributed by atoms with Crippen LogP contribution in [0, 0.1) is 16.0 Å². The Morgan fingerprint density at radius 3 is 2.64 bits per heavy atom. The third-order valence-electron chi connectivity index (χ3n) is 4.79. The molecule has 1 heterocycles. The summed E-state index contributed by atoms with van der Waals surface area (Å²) in [5.41, 5.74) is 2.04. The maximum atomic E-state index is 10.7. The first kappa shape index (κ1) is 20.1. The summed E-state index contributed by atoms with van der Waals surface area (Å²) < 4.78 is 16.8. The van der Waals surface area contributed by atoms with Gasteiger partial charge in [-0.05, 0) is 54.2 Å². The van der Waals surface area contributed by atoms with E-state index in [2.05, 4.69) is 5.32 Å². The second-order valence-electron chi connectivity index (χ2n) is 6.91. The monoisotopic (exact) mass is 386 g/mol. The topological polar surface area (TPSA) is 82.9 Å². The van der Waals surface area contributed by atoms with Crippen molar-refractivity contribution in [3.63, 3.8) is 0 Å². The van der Waals surface area contributed by atoms with Crippen LogP contribution in [0.25, 0.3) is 0 Å². The van der Waals surface area contributed by atoms with E-state index >= 15 is 0 Å². The standard InChI is InChI=1S/C21H26N2O5/c1-26-21-11-17(12-22-13-18-3-2-10-27-14-18)6-9-20(21)28-15-16-4-7-19(8-5-16)23(24)25/h4-9,11,18,22H,2-3,10,12-15H2,1H3. The van der Waals surface area contributed by atoms with Crippen LogP contribution in [-0.4, -0.2) is 31.8 Å². The van der Waals surface area contributed by atoms with Crippen molar-refractivity contribution in [3.05, 3.63) is 63.7 Å². The highest BCUT2D eigenvalue weighted by atomic mass is 16.6. The Balaban J connectivity index is 1.52. The SMILES string of the molecule is COc1cc(CNCC2CCCOC2)ccc1OCc1ccc([N+](=O)[O-])cc1. The van der Waals surface area contributed by atoms with Gasteiger partial charge >= 0.3 is 0 Å². The van der Waals surface area contributed by atoms with Crippen LogP contribution in [0.1, 0.15) is 24.0 Å². The molecule has 0 amide bonds. The van der Waals surface area contributed by atoms with E-state index in [4.69, 9.17) is 14.2 Å². The first-order valence-electron chi connectivity index (χ1n) is 9.47. The fourth-order valence-corrected chi connectivity index (χ4v) is 3.21. The molecule has 150 valence electrons. The number of ether oxygens (including phenoxy) is 3. The van der Waals surface area contributed by atoms with Gasteiger partial charge in [0.15, 0.2) is 11.5 Å². The van der Waals surface area contributed by atoms with Gasteiger partial charge in [0.25, 0.3) is 5.69 Å². The fraction of sp³-hybridized carbons (Fsp3) is 0.429. The van der Waals surface area contributed by atoms with E-state index in [1.807, 2.05) is 18.2 Å². The van der Waals surface area contributed by atoms with Gasteiger partial charge in [0, 0.05) is 31.8 Å². The zero-order chi connectivity index (χ0) is 19.8. The van der Waals surface area contributed by atoms with Crippen molar-refractivity contribution >= 4 is 5.69 Å². The van der Waals surface area contributed by atoms with Gasteiger partial charge in [-0.1, -0.05) is 6.07 Å². The number of nitro benzene ring substituents is 1. The highest BCUT2D eigenvalue weighted by Crippen LogP contribution is 2.29. The van der Waals surface area contributed by atoms with E-state index in [-0.39, 0.29) is 5.69 Å². The molecule has 1 aliphatic heterocycles. The average Bonchev–Trinajstić information content (AvgIpc) is 2.73. The second kappa shape index (κ2) is 10.1. The lowest BCUT2D eigenvalue weighted by Crippen LogP contribution is -2.28. The number of nitro groups is 1. The Morgan fingerprint density at radius 1 is 1.18 bits per heavy atom. The van der Waals surface area contributed by atoms with Crippen LogP contribution < -0.4 is 14.8 Å². The molecule has 7 heteroatoms. The quantitative estimate of drug-likeness (QED) is 0.523. The van der Waals surface area contributed by atoms with Crippen LogP contribution >= 0.6 is 0 Å². The molecule has 1 atom stereocenters. The normalized spacial score (nSPS) is 16.5. The zero-order valence-electron chi connectivity index (χ0n) is 16.1. The molecule has 1 fully saturated rings. The average molecular weight is 386 g/mol. The van der Waals surface area contributed by atoms with Gasteiger partial charge in [0.05, 0.1) is 18.6 Å². The summed E-state index contributed by atoms with van der Waals surface area (Å²) in [5, 5.41) is 14.2. The minimum absolute atomic E-state index is 0.0676. The number of benzene rings is 2. The molecule has 0 radical (unpaired) electrons. The van der Waals surface area contributed by atoms with E-state index in [1.165, 1.54) is 18.6 Å². The molecule has 1 unspecified atom stereocenters. The molecule has 2 aromatic rings. The van der Waals surface area contributed by atoms with Gasteiger partial charge in [0.1, 0.15) is 6.61 Å². The minimum atomic E-state index is -0.415. The molecular weight excluding hydrogens is 360 g/mol. The number of hydrogen-bond acceptors (Lipinski definition) is 6. The number of methoxy groups -OCH3 is 1. The zero-order valence-corrected chi connectivity index (χ0v) is 16.1. The van der Waals surface area contributed by atoms with Gasteiger partial charge in [-0.2, -0.15) is 0 Å². The van der Waals surface area contributed by atoms with E-state index in [1.54, 1.807) is 19.2 Å².